The smallest absolute Gasteiger partial charge is 0.421 e. The minimum Gasteiger partial charge on any atom is -0.421 e. The van der Waals surface area contributed by atoms with E-state index in [2.05, 4.69) is 33.2 Å². The zero-order valence-electron chi connectivity index (χ0n) is 8.55. The lowest BCUT2D eigenvalue weighted by Gasteiger charge is -1.98. The first kappa shape index (κ1) is 12.4. The summed E-state index contributed by atoms with van der Waals surface area (Å²) < 4.78 is 9.24. The first-order chi connectivity index (χ1) is 6.81. The van der Waals surface area contributed by atoms with Gasteiger partial charge in [0.2, 0.25) is 0 Å². The van der Waals surface area contributed by atoms with Crippen LogP contribution in [0.15, 0.2) is 0 Å². The second kappa shape index (κ2) is 9.48. The van der Waals surface area contributed by atoms with Crippen molar-refractivity contribution >= 4 is 6.16 Å². The molecular weight excluding hydrogens is 180 g/mol. The number of hydrogen-bond acceptors (Lipinski definition) is 3. The molecule has 0 amide bonds. The molecule has 0 heterocycles. The number of hydrogen-bond donors (Lipinski definition) is 0. The molecule has 0 atom stereocenters. The molecule has 0 saturated carbocycles. The molecule has 3 heteroatoms. The summed E-state index contributed by atoms with van der Waals surface area (Å²) in [7, 11) is 0. The predicted molar refractivity (Wildman–Crippen MR) is 53.4 cm³/mol. The van der Waals surface area contributed by atoms with E-state index in [0.717, 1.165) is 12.8 Å². The monoisotopic (exact) mass is 194 g/mol. The van der Waals surface area contributed by atoms with E-state index in [0.29, 0.717) is 0 Å². The quantitative estimate of drug-likeness (QED) is 0.498. The Labute approximate surface area is 84.8 Å². The third-order valence-corrected chi connectivity index (χ3v) is 1.13. The minimum atomic E-state index is -0.721. The molecule has 76 valence electrons. The Kier molecular flexibility index (Phi) is 8.39. The molecule has 0 aromatic carbocycles. The lowest BCUT2D eigenvalue weighted by molar-refractivity contribution is 0.0745. The van der Waals surface area contributed by atoms with E-state index in [4.69, 9.17) is 0 Å². The molecule has 0 aliphatic carbocycles. The molecule has 0 rings (SSSR count). The molecule has 0 bridgehead atoms. The van der Waals surface area contributed by atoms with Crippen LogP contribution in [0.4, 0.5) is 4.79 Å². The van der Waals surface area contributed by atoms with Gasteiger partial charge in [-0.15, -0.1) is 11.8 Å². The molecule has 0 unspecified atom stereocenters. The Balaban J connectivity index is 3.46. The van der Waals surface area contributed by atoms with Crippen molar-refractivity contribution in [3.05, 3.63) is 0 Å². The lowest BCUT2D eigenvalue weighted by atomic mass is 10.5. The van der Waals surface area contributed by atoms with Crippen LogP contribution in [0.25, 0.3) is 0 Å². The Morgan fingerprint density at radius 3 is 1.71 bits per heavy atom. The Morgan fingerprint density at radius 1 is 0.929 bits per heavy atom. The van der Waals surface area contributed by atoms with Gasteiger partial charge in [-0.05, 0) is 0 Å². The van der Waals surface area contributed by atoms with Crippen LogP contribution in [0.3, 0.4) is 0 Å². The van der Waals surface area contributed by atoms with Crippen molar-refractivity contribution < 1.29 is 14.3 Å². The highest BCUT2D eigenvalue weighted by Crippen LogP contribution is 1.84. The largest absolute Gasteiger partial charge is 0.510 e. The van der Waals surface area contributed by atoms with Crippen LogP contribution >= 0.6 is 0 Å². The number of rotatable bonds is 2. The van der Waals surface area contributed by atoms with Crippen molar-refractivity contribution in [3.8, 4) is 23.7 Å². The van der Waals surface area contributed by atoms with Gasteiger partial charge < -0.3 is 9.47 Å². The van der Waals surface area contributed by atoms with Gasteiger partial charge in [0.1, 0.15) is 0 Å². The molecule has 0 aromatic heterocycles. The third kappa shape index (κ3) is 8.49. The highest BCUT2D eigenvalue weighted by atomic mass is 16.7. The fourth-order valence-electron chi connectivity index (χ4n) is 0.584. The maximum absolute atomic E-state index is 10.8. The zero-order chi connectivity index (χ0) is 10.6. The van der Waals surface area contributed by atoms with Gasteiger partial charge in [0, 0.05) is 12.8 Å². The van der Waals surface area contributed by atoms with Gasteiger partial charge in [0.15, 0.2) is 13.2 Å². The highest BCUT2D eigenvalue weighted by molar-refractivity contribution is 5.60. The van der Waals surface area contributed by atoms with Crippen molar-refractivity contribution in [2.24, 2.45) is 0 Å². The van der Waals surface area contributed by atoms with Gasteiger partial charge >= 0.3 is 6.16 Å². The van der Waals surface area contributed by atoms with Gasteiger partial charge in [-0.25, -0.2) is 4.79 Å². The third-order valence-electron chi connectivity index (χ3n) is 1.13. The van der Waals surface area contributed by atoms with E-state index in [1.165, 1.54) is 0 Å². The van der Waals surface area contributed by atoms with E-state index in [1.54, 1.807) is 0 Å². The molecular formula is C11H14O3. The predicted octanol–water partition coefficient (Wildman–Crippen LogP) is 1.97. The fraction of sp³-hybridized carbons (Fsp3) is 0.545. The summed E-state index contributed by atoms with van der Waals surface area (Å²) in [4.78, 5) is 10.8. The molecule has 14 heavy (non-hydrogen) atoms. The molecule has 0 fully saturated rings. The van der Waals surface area contributed by atoms with Crippen LogP contribution in [0.2, 0.25) is 0 Å². The molecule has 0 spiro atoms. The standard InChI is InChI=1S/C11H14O3/c1-3-5-7-9-13-11(12)14-10-8-6-4-2/h3-4,9-10H2,1-2H3. The SMILES string of the molecule is CCC#CCOC(=O)OCC#CCC. The fourth-order valence-corrected chi connectivity index (χ4v) is 0.584. The summed E-state index contributed by atoms with van der Waals surface area (Å²) in [5, 5.41) is 0. The van der Waals surface area contributed by atoms with E-state index >= 15 is 0 Å². The van der Waals surface area contributed by atoms with Gasteiger partial charge in [-0.2, -0.15) is 0 Å². The van der Waals surface area contributed by atoms with Gasteiger partial charge in [-0.1, -0.05) is 25.7 Å². The summed E-state index contributed by atoms with van der Waals surface area (Å²) in [5.41, 5.74) is 0. The highest BCUT2D eigenvalue weighted by Gasteiger charge is 1.98. The van der Waals surface area contributed by atoms with E-state index in [9.17, 15) is 4.79 Å². The first-order valence-corrected chi connectivity index (χ1v) is 4.52. The van der Waals surface area contributed by atoms with Gasteiger partial charge in [0.25, 0.3) is 0 Å². The van der Waals surface area contributed by atoms with Crippen LogP contribution in [0.5, 0.6) is 0 Å². The van der Waals surface area contributed by atoms with Crippen LogP contribution in [0.1, 0.15) is 26.7 Å². The zero-order valence-corrected chi connectivity index (χ0v) is 8.55. The summed E-state index contributed by atoms with van der Waals surface area (Å²) in [6, 6.07) is 0. The topological polar surface area (TPSA) is 35.5 Å². The molecule has 0 aliphatic rings. The average molecular weight is 194 g/mol. The number of carbonyl (C=O) groups is 1. The maximum Gasteiger partial charge on any atom is 0.510 e. The van der Waals surface area contributed by atoms with Crippen molar-refractivity contribution in [1.82, 2.24) is 0 Å². The van der Waals surface area contributed by atoms with Crippen molar-refractivity contribution in [2.45, 2.75) is 26.7 Å². The van der Waals surface area contributed by atoms with Crippen molar-refractivity contribution in [2.75, 3.05) is 13.2 Å². The summed E-state index contributed by atoms with van der Waals surface area (Å²) in [5.74, 6) is 10.9. The number of ether oxygens (including phenoxy) is 2. The first-order valence-electron chi connectivity index (χ1n) is 4.52. The summed E-state index contributed by atoms with van der Waals surface area (Å²) in [6.07, 6.45) is 0.779. The molecule has 3 nitrogen and oxygen atoms in total. The summed E-state index contributed by atoms with van der Waals surface area (Å²) in [6.45, 7) is 4.00. The number of carbonyl (C=O) groups excluding carboxylic acids is 1. The molecule has 0 aliphatic heterocycles. The Hall–Kier alpha value is -1.61. The molecule has 0 N–H and O–H groups in total. The van der Waals surface area contributed by atoms with Crippen molar-refractivity contribution in [3.63, 3.8) is 0 Å². The lowest BCUT2D eigenvalue weighted by Crippen LogP contribution is -2.07. The molecule has 0 saturated heterocycles. The molecule has 0 aromatic rings. The second-order valence-corrected chi connectivity index (χ2v) is 2.24. The van der Waals surface area contributed by atoms with Gasteiger partial charge in [-0.3, -0.25) is 0 Å². The second-order valence-electron chi connectivity index (χ2n) is 2.24. The van der Waals surface area contributed by atoms with E-state index < -0.39 is 6.16 Å². The Bertz CT molecular complexity index is 244. The van der Waals surface area contributed by atoms with Gasteiger partial charge in [0.05, 0.1) is 0 Å². The van der Waals surface area contributed by atoms with Crippen LogP contribution in [-0.2, 0) is 9.47 Å². The molecule has 0 radical (unpaired) electrons. The van der Waals surface area contributed by atoms with E-state index in [1.807, 2.05) is 13.8 Å². The maximum atomic E-state index is 10.8. The van der Waals surface area contributed by atoms with Crippen LogP contribution in [-0.4, -0.2) is 19.4 Å². The Morgan fingerprint density at radius 2 is 1.36 bits per heavy atom. The minimum absolute atomic E-state index is 0.0773. The van der Waals surface area contributed by atoms with Crippen LogP contribution < -0.4 is 0 Å². The summed E-state index contributed by atoms with van der Waals surface area (Å²) >= 11 is 0. The normalized spacial score (nSPS) is 7.57. The average Bonchev–Trinajstić information content (AvgIpc) is 2.19. The van der Waals surface area contributed by atoms with Crippen LogP contribution in [0, 0.1) is 23.7 Å². The van der Waals surface area contributed by atoms with Crippen molar-refractivity contribution in [1.29, 1.82) is 0 Å². The van der Waals surface area contributed by atoms with E-state index in [-0.39, 0.29) is 13.2 Å².